The molecule has 1 saturated heterocycles. The van der Waals surface area contributed by atoms with Crippen LogP contribution in [-0.2, 0) is 16.1 Å². The van der Waals surface area contributed by atoms with Gasteiger partial charge in [0.25, 0.3) is 0 Å². The van der Waals surface area contributed by atoms with Crippen molar-refractivity contribution in [3.63, 3.8) is 0 Å². The van der Waals surface area contributed by atoms with E-state index >= 15 is 0 Å². The van der Waals surface area contributed by atoms with E-state index in [0.29, 0.717) is 6.54 Å². The average molecular weight is 390 g/mol. The average Bonchev–Trinajstić information content (AvgIpc) is 3.22. The number of thiophene rings is 1. The van der Waals surface area contributed by atoms with E-state index in [1.165, 1.54) is 28.1 Å². The number of aliphatic carboxylic acids is 1. The number of carboxylic acid groups (broad SMARTS) is 1. The van der Waals surface area contributed by atoms with Crippen molar-refractivity contribution < 1.29 is 27.9 Å². The zero-order valence-electron chi connectivity index (χ0n) is 14.3. The van der Waals surface area contributed by atoms with Gasteiger partial charge in [-0.3, -0.25) is 14.5 Å². The molecule has 1 fully saturated rings. The number of nitrogens with zero attached hydrogens (tertiary/aromatic N) is 2. The number of carbonyl (C=O) groups is 2. The largest absolute Gasteiger partial charge is 0.481 e. The maximum atomic E-state index is 13.1. The van der Waals surface area contributed by atoms with Gasteiger partial charge in [0, 0.05) is 24.5 Å². The number of likely N-dealkylation sites (tertiary alicyclic amines) is 1. The van der Waals surface area contributed by atoms with Crippen molar-refractivity contribution in [3.05, 3.63) is 35.0 Å². The van der Waals surface area contributed by atoms with Gasteiger partial charge in [-0.05, 0) is 18.4 Å². The molecule has 2 rings (SSSR count). The van der Waals surface area contributed by atoms with Crippen molar-refractivity contribution in [3.8, 4) is 0 Å². The molecule has 26 heavy (non-hydrogen) atoms. The second-order valence-corrected chi connectivity index (χ2v) is 7.34. The molecule has 9 heteroatoms. The molecule has 1 N–H and O–H groups in total. The molecule has 1 amide bonds. The SMILES string of the molecule is C=CCN(Cc1cccs1)C(=O)C(C)N1C[C@@H](C(F)(F)F)[C@H](C(=O)O)C1. The van der Waals surface area contributed by atoms with Crippen molar-refractivity contribution in [2.45, 2.75) is 25.7 Å². The Bertz CT molecular complexity index is 648. The highest BCUT2D eigenvalue weighted by molar-refractivity contribution is 7.09. The maximum Gasteiger partial charge on any atom is 0.393 e. The minimum absolute atomic E-state index is 0.264. The number of carboxylic acids is 1. The molecule has 5 nitrogen and oxygen atoms in total. The Morgan fingerprint density at radius 2 is 2.19 bits per heavy atom. The third-order valence-corrected chi connectivity index (χ3v) is 5.44. The first-order chi connectivity index (χ1) is 12.1. The molecule has 144 valence electrons. The van der Waals surface area contributed by atoms with Crippen LogP contribution in [0.1, 0.15) is 11.8 Å². The van der Waals surface area contributed by atoms with Crippen LogP contribution in [0.5, 0.6) is 0 Å². The molecule has 1 unspecified atom stereocenters. The van der Waals surface area contributed by atoms with Gasteiger partial charge in [-0.25, -0.2) is 0 Å². The predicted octanol–water partition coefficient (Wildman–Crippen LogP) is 2.85. The summed E-state index contributed by atoms with van der Waals surface area (Å²) in [6.45, 7) is 4.95. The fourth-order valence-corrected chi connectivity index (χ4v) is 3.85. The highest BCUT2D eigenvalue weighted by Crippen LogP contribution is 2.38. The summed E-state index contributed by atoms with van der Waals surface area (Å²) in [6.07, 6.45) is -3.06. The minimum atomic E-state index is -4.61. The van der Waals surface area contributed by atoms with Gasteiger partial charge in [-0.2, -0.15) is 13.2 Å². The van der Waals surface area contributed by atoms with Crippen LogP contribution in [0.25, 0.3) is 0 Å². The smallest absolute Gasteiger partial charge is 0.393 e. The van der Waals surface area contributed by atoms with Crippen LogP contribution >= 0.6 is 11.3 Å². The fraction of sp³-hybridized carbons (Fsp3) is 0.529. The summed E-state index contributed by atoms with van der Waals surface area (Å²) in [5.41, 5.74) is 0. The quantitative estimate of drug-likeness (QED) is 0.728. The van der Waals surface area contributed by atoms with Crippen LogP contribution in [0, 0.1) is 11.8 Å². The van der Waals surface area contributed by atoms with Crippen molar-refractivity contribution in [2.24, 2.45) is 11.8 Å². The third kappa shape index (κ3) is 4.64. The summed E-state index contributed by atoms with van der Waals surface area (Å²) in [7, 11) is 0. The van der Waals surface area contributed by atoms with Gasteiger partial charge in [0.05, 0.1) is 24.4 Å². The van der Waals surface area contributed by atoms with E-state index in [2.05, 4.69) is 6.58 Å². The lowest BCUT2D eigenvalue weighted by atomic mass is 9.96. The fourth-order valence-electron chi connectivity index (χ4n) is 3.13. The lowest BCUT2D eigenvalue weighted by Crippen LogP contribution is -2.46. The van der Waals surface area contributed by atoms with Crippen molar-refractivity contribution >= 4 is 23.2 Å². The molecule has 0 aromatic carbocycles. The van der Waals surface area contributed by atoms with Gasteiger partial charge >= 0.3 is 12.1 Å². The molecule has 0 aliphatic carbocycles. The number of hydrogen-bond acceptors (Lipinski definition) is 4. The lowest BCUT2D eigenvalue weighted by molar-refractivity contribution is -0.188. The summed E-state index contributed by atoms with van der Waals surface area (Å²) in [6, 6.07) is 2.88. The van der Waals surface area contributed by atoms with Gasteiger partial charge in [0.2, 0.25) is 5.91 Å². The van der Waals surface area contributed by atoms with Crippen molar-refractivity contribution in [1.29, 1.82) is 0 Å². The number of rotatable bonds is 7. The Morgan fingerprint density at radius 1 is 1.50 bits per heavy atom. The first kappa shape index (κ1) is 20.4. The topological polar surface area (TPSA) is 60.9 Å². The zero-order valence-corrected chi connectivity index (χ0v) is 15.1. The molecular formula is C17H21F3N2O3S. The van der Waals surface area contributed by atoms with Crippen LogP contribution in [0.3, 0.4) is 0 Å². The first-order valence-electron chi connectivity index (χ1n) is 8.10. The minimum Gasteiger partial charge on any atom is -0.481 e. The van der Waals surface area contributed by atoms with Gasteiger partial charge < -0.3 is 10.0 Å². The first-order valence-corrected chi connectivity index (χ1v) is 8.98. The van der Waals surface area contributed by atoms with E-state index < -0.39 is 36.6 Å². The van der Waals surface area contributed by atoms with Gasteiger partial charge in [0.1, 0.15) is 0 Å². The molecule has 0 spiro atoms. The van der Waals surface area contributed by atoms with Crippen LogP contribution in [0.4, 0.5) is 13.2 Å². The lowest BCUT2D eigenvalue weighted by Gasteiger charge is -2.29. The Labute approximate surface area is 153 Å². The maximum absolute atomic E-state index is 13.1. The second-order valence-electron chi connectivity index (χ2n) is 6.31. The van der Waals surface area contributed by atoms with Gasteiger partial charge in [0.15, 0.2) is 0 Å². The Kier molecular flexibility index (Phi) is 6.46. The molecule has 1 aliphatic rings. The molecule has 0 radical (unpaired) electrons. The Morgan fingerprint density at radius 3 is 2.65 bits per heavy atom. The number of hydrogen-bond donors (Lipinski definition) is 1. The number of alkyl halides is 3. The zero-order chi connectivity index (χ0) is 19.5. The highest BCUT2D eigenvalue weighted by atomic mass is 32.1. The molecule has 1 aromatic heterocycles. The molecule has 1 aliphatic heterocycles. The summed E-state index contributed by atoms with van der Waals surface area (Å²) in [5.74, 6) is -5.36. The summed E-state index contributed by atoms with van der Waals surface area (Å²) in [4.78, 5) is 27.8. The predicted molar refractivity (Wildman–Crippen MR) is 91.6 cm³/mol. The van der Waals surface area contributed by atoms with E-state index in [4.69, 9.17) is 5.11 Å². The van der Waals surface area contributed by atoms with E-state index in [0.717, 1.165) is 4.88 Å². The van der Waals surface area contributed by atoms with Gasteiger partial charge in [-0.1, -0.05) is 12.1 Å². The van der Waals surface area contributed by atoms with Crippen LogP contribution in [-0.4, -0.2) is 58.6 Å². The molecule has 1 aromatic rings. The molecule has 2 heterocycles. The van der Waals surface area contributed by atoms with E-state index in [-0.39, 0.29) is 19.0 Å². The third-order valence-electron chi connectivity index (χ3n) is 4.58. The van der Waals surface area contributed by atoms with Crippen LogP contribution < -0.4 is 0 Å². The Balaban J connectivity index is 2.12. The number of carbonyl (C=O) groups excluding carboxylic acids is 1. The van der Waals surface area contributed by atoms with E-state index in [9.17, 15) is 22.8 Å². The van der Waals surface area contributed by atoms with Crippen LogP contribution in [0.15, 0.2) is 30.2 Å². The summed E-state index contributed by atoms with van der Waals surface area (Å²) in [5, 5.41) is 11.0. The molecule has 3 atom stereocenters. The van der Waals surface area contributed by atoms with Crippen LogP contribution in [0.2, 0.25) is 0 Å². The number of halogens is 3. The standard InChI is InChI=1S/C17H21F3N2O3S/c1-3-6-21(8-12-5-4-7-26-12)15(23)11(2)22-9-13(16(24)25)14(10-22)17(18,19)20/h3-5,7,11,13-14H,1,6,8-10H2,2H3,(H,24,25)/t11?,13-,14-/m1/s1. The number of amides is 1. The Hall–Kier alpha value is -1.87. The summed E-state index contributed by atoms with van der Waals surface area (Å²) >= 11 is 1.48. The molecule has 0 bridgehead atoms. The molecule has 0 saturated carbocycles. The van der Waals surface area contributed by atoms with Crippen molar-refractivity contribution in [1.82, 2.24) is 9.80 Å². The normalized spacial score (nSPS) is 22.2. The van der Waals surface area contributed by atoms with E-state index in [1.54, 1.807) is 6.08 Å². The second kappa shape index (κ2) is 8.22. The van der Waals surface area contributed by atoms with E-state index in [1.807, 2.05) is 17.5 Å². The molecular weight excluding hydrogens is 369 g/mol. The van der Waals surface area contributed by atoms with Gasteiger partial charge in [-0.15, -0.1) is 17.9 Å². The highest BCUT2D eigenvalue weighted by Gasteiger charge is 2.53. The monoisotopic (exact) mass is 390 g/mol. The van der Waals surface area contributed by atoms with Crippen molar-refractivity contribution in [2.75, 3.05) is 19.6 Å². The summed E-state index contributed by atoms with van der Waals surface area (Å²) < 4.78 is 39.4.